The average Bonchev–Trinajstić information content (AvgIpc) is 3.85. The third-order valence-corrected chi connectivity index (χ3v) is 12.7. The Morgan fingerprint density at radius 1 is 0.460 bits per heavy atom. The molecule has 7 aromatic carbocycles. The Balaban J connectivity index is 1.29. The Bertz CT molecular complexity index is 3220. The van der Waals surface area contributed by atoms with Gasteiger partial charge in [0.2, 0.25) is 5.95 Å². The van der Waals surface area contributed by atoms with E-state index in [0.29, 0.717) is 5.95 Å². The zero-order valence-electron chi connectivity index (χ0n) is 26.5. The van der Waals surface area contributed by atoms with Crippen LogP contribution in [0.15, 0.2) is 146 Å². The lowest BCUT2D eigenvalue weighted by molar-refractivity contribution is 1.06. The van der Waals surface area contributed by atoms with Gasteiger partial charge in [0.1, 0.15) is 0 Å². The van der Waals surface area contributed by atoms with Crippen LogP contribution in [0.4, 0.5) is 17.3 Å². The van der Waals surface area contributed by atoms with Gasteiger partial charge in [-0.1, -0.05) is 109 Å². The maximum atomic E-state index is 5.53. The molecule has 1 aliphatic heterocycles. The van der Waals surface area contributed by atoms with Gasteiger partial charge in [0.25, 0.3) is 0 Å². The van der Waals surface area contributed by atoms with E-state index in [1.54, 1.807) is 11.3 Å². The molecule has 0 bridgehead atoms. The minimum Gasteiger partial charge on any atom is -0.305 e. The Hall–Kier alpha value is -6.08. The second-order valence-corrected chi connectivity index (χ2v) is 15.1. The fraction of sp³-hybridized carbons (Fsp3) is 0. The number of rotatable bonds is 2. The molecule has 0 radical (unpaired) electrons. The van der Waals surface area contributed by atoms with Crippen molar-refractivity contribution >= 4 is 113 Å². The van der Waals surface area contributed by atoms with Gasteiger partial charge in [-0.2, -0.15) is 0 Å². The Labute approximate surface area is 293 Å². The van der Waals surface area contributed by atoms with Crippen molar-refractivity contribution in [2.75, 3.05) is 4.90 Å². The van der Waals surface area contributed by atoms with Crippen LogP contribution < -0.4 is 4.90 Å². The van der Waals surface area contributed by atoms with Crippen molar-refractivity contribution in [2.45, 2.75) is 0 Å². The topological polar surface area (TPSA) is 34.0 Å². The molecule has 0 aliphatic carbocycles. The molecule has 0 amide bonds. The van der Waals surface area contributed by atoms with Crippen LogP contribution in [0.25, 0.3) is 90.0 Å². The average molecular weight is 673 g/mol. The van der Waals surface area contributed by atoms with Gasteiger partial charge < -0.3 is 4.57 Å². The lowest BCUT2D eigenvalue weighted by atomic mass is 9.99. The molecule has 4 aromatic heterocycles. The van der Waals surface area contributed by atoms with Crippen molar-refractivity contribution in [3.63, 3.8) is 0 Å². The van der Waals surface area contributed by atoms with E-state index in [2.05, 4.69) is 155 Å². The SMILES string of the molecule is c1ccc(-c2nc(N3c4ccccc4-n4c5ccccc5c5cc6c(ccc7c8ccccc8sc67)c3c54)nc3c2sc2ccccc23)cc1. The van der Waals surface area contributed by atoms with Gasteiger partial charge in [0.15, 0.2) is 0 Å². The highest BCUT2D eigenvalue weighted by Gasteiger charge is 2.33. The number of fused-ring (bicyclic) bond motifs is 14. The summed E-state index contributed by atoms with van der Waals surface area (Å²) >= 11 is 3.65. The van der Waals surface area contributed by atoms with E-state index in [4.69, 9.17) is 9.97 Å². The van der Waals surface area contributed by atoms with Crippen molar-refractivity contribution in [2.24, 2.45) is 0 Å². The summed E-state index contributed by atoms with van der Waals surface area (Å²) < 4.78 is 7.39. The standard InChI is InChI=1S/C44H24N4S2/c1-2-12-25(13-3-1)38-43-39(30-16-6-11-21-37(30)50-43)46-44(45-38)48-35-19-9-8-18-34(35)47-33-17-7-4-14-26(33)31-24-32-28(40(48)41(31)47)22-23-29-27-15-5-10-20-36(27)49-42(29)32/h1-24H. The summed E-state index contributed by atoms with van der Waals surface area (Å²) in [6.07, 6.45) is 0. The van der Waals surface area contributed by atoms with Gasteiger partial charge in [-0.3, -0.25) is 4.90 Å². The lowest BCUT2D eigenvalue weighted by Crippen LogP contribution is -2.20. The number of anilines is 3. The van der Waals surface area contributed by atoms with Crippen LogP contribution in [0, 0.1) is 0 Å². The summed E-state index contributed by atoms with van der Waals surface area (Å²) in [5, 5.41) is 8.67. The van der Waals surface area contributed by atoms with Gasteiger partial charge in [-0.25, -0.2) is 9.97 Å². The first kappa shape index (κ1) is 26.8. The first-order valence-electron chi connectivity index (χ1n) is 16.8. The fourth-order valence-corrected chi connectivity index (χ4v) is 10.6. The van der Waals surface area contributed by atoms with Crippen LogP contribution in [-0.4, -0.2) is 14.5 Å². The van der Waals surface area contributed by atoms with Crippen LogP contribution in [0.2, 0.25) is 0 Å². The number of benzene rings is 7. The smallest absolute Gasteiger partial charge is 0.236 e. The molecule has 0 saturated carbocycles. The molecule has 0 atom stereocenters. The van der Waals surface area contributed by atoms with Crippen LogP contribution in [0.1, 0.15) is 0 Å². The predicted molar refractivity (Wildman–Crippen MR) is 213 cm³/mol. The Morgan fingerprint density at radius 3 is 1.98 bits per heavy atom. The zero-order valence-corrected chi connectivity index (χ0v) is 28.1. The molecule has 1 aliphatic rings. The second kappa shape index (κ2) is 9.76. The summed E-state index contributed by atoms with van der Waals surface area (Å²) in [5.74, 6) is 0.675. The quantitative estimate of drug-likeness (QED) is 0.183. The summed E-state index contributed by atoms with van der Waals surface area (Å²) in [5.41, 5.74) is 8.70. The third kappa shape index (κ3) is 3.44. The lowest BCUT2D eigenvalue weighted by Gasteiger charge is -2.32. The molecule has 0 saturated heterocycles. The molecule has 0 fully saturated rings. The van der Waals surface area contributed by atoms with E-state index in [-0.39, 0.29) is 0 Å². The third-order valence-electron chi connectivity index (χ3n) is 10.3. The summed E-state index contributed by atoms with van der Waals surface area (Å²) in [7, 11) is 0. The molecular weight excluding hydrogens is 649 g/mol. The summed E-state index contributed by atoms with van der Waals surface area (Å²) in [6.45, 7) is 0. The molecule has 50 heavy (non-hydrogen) atoms. The minimum absolute atomic E-state index is 0.675. The number of para-hydroxylation sites is 3. The van der Waals surface area contributed by atoms with E-state index >= 15 is 0 Å². The number of nitrogens with zero attached hydrogens (tertiary/aromatic N) is 4. The van der Waals surface area contributed by atoms with Crippen molar-refractivity contribution in [3.05, 3.63) is 146 Å². The molecule has 232 valence electrons. The number of hydrogen-bond acceptors (Lipinski definition) is 5. The summed E-state index contributed by atoms with van der Waals surface area (Å²) in [4.78, 5) is 13.4. The van der Waals surface area contributed by atoms with Crippen molar-refractivity contribution < 1.29 is 0 Å². The number of aromatic nitrogens is 3. The van der Waals surface area contributed by atoms with E-state index in [1.807, 2.05) is 11.3 Å². The molecular formula is C44H24N4S2. The summed E-state index contributed by atoms with van der Waals surface area (Å²) in [6, 6.07) is 52.5. The van der Waals surface area contributed by atoms with Crippen LogP contribution in [0.5, 0.6) is 0 Å². The van der Waals surface area contributed by atoms with Gasteiger partial charge in [-0.15, -0.1) is 22.7 Å². The van der Waals surface area contributed by atoms with E-state index < -0.39 is 0 Å². The zero-order chi connectivity index (χ0) is 32.5. The molecule has 12 rings (SSSR count). The molecule has 11 aromatic rings. The number of thiophene rings is 2. The molecule has 0 N–H and O–H groups in total. The van der Waals surface area contributed by atoms with Crippen LogP contribution in [-0.2, 0) is 0 Å². The maximum Gasteiger partial charge on any atom is 0.236 e. The largest absolute Gasteiger partial charge is 0.305 e. The monoisotopic (exact) mass is 672 g/mol. The number of hydrogen-bond donors (Lipinski definition) is 0. The molecule has 6 heteroatoms. The van der Waals surface area contributed by atoms with E-state index in [9.17, 15) is 0 Å². The van der Waals surface area contributed by atoms with Crippen molar-refractivity contribution in [1.82, 2.24) is 14.5 Å². The molecule has 0 spiro atoms. The van der Waals surface area contributed by atoms with E-state index in [0.717, 1.165) is 43.9 Å². The highest BCUT2D eigenvalue weighted by atomic mass is 32.1. The fourth-order valence-electron chi connectivity index (χ4n) is 8.19. The highest BCUT2D eigenvalue weighted by Crippen LogP contribution is 2.54. The maximum absolute atomic E-state index is 5.53. The normalized spacial score (nSPS) is 12.8. The van der Waals surface area contributed by atoms with Gasteiger partial charge in [0, 0.05) is 57.4 Å². The van der Waals surface area contributed by atoms with Gasteiger partial charge in [-0.05, 0) is 36.4 Å². The minimum atomic E-state index is 0.675. The molecule has 4 nitrogen and oxygen atoms in total. The second-order valence-electron chi connectivity index (χ2n) is 12.9. The van der Waals surface area contributed by atoms with Crippen molar-refractivity contribution in [3.8, 4) is 16.9 Å². The van der Waals surface area contributed by atoms with Crippen molar-refractivity contribution in [1.29, 1.82) is 0 Å². The van der Waals surface area contributed by atoms with Crippen LogP contribution >= 0.6 is 22.7 Å². The van der Waals surface area contributed by atoms with Gasteiger partial charge >= 0.3 is 0 Å². The van der Waals surface area contributed by atoms with Gasteiger partial charge in [0.05, 0.1) is 44.0 Å². The Morgan fingerprint density at radius 2 is 1.12 bits per heavy atom. The first-order chi connectivity index (χ1) is 24.8. The van der Waals surface area contributed by atoms with E-state index in [1.165, 1.54) is 57.5 Å². The Kier molecular flexibility index (Phi) is 5.23. The molecule has 0 unspecified atom stereocenters. The predicted octanol–water partition coefficient (Wildman–Crippen LogP) is 12.9. The molecule has 5 heterocycles. The first-order valence-corrected chi connectivity index (χ1v) is 18.4. The highest BCUT2D eigenvalue weighted by molar-refractivity contribution is 7.27. The van der Waals surface area contributed by atoms with Crippen LogP contribution in [0.3, 0.4) is 0 Å².